The van der Waals surface area contributed by atoms with E-state index in [1.165, 1.54) is 12.3 Å². The minimum absolute atomic E-state index is 0.0108. The van der Waals surface area contributed by atoms with Gasteiger partial charge in [-0.15, -0.1) is 0 Å². The van der Waals surface area contributed by atoms with Gasteiger partial charge in [-0.25, -0.2) is 13.1 Å². The number of aromatic amines is 1. The van der Waals surface area contributed by atoms with E-state index in [-0.39, 0.29) is 11.1 Å². The first-order valence-electron chi connectivity index (χ1n) is 4.41. The quantitative estimate of drug-likeness (QED) is 0.608. The van der Waals surface area contributed by atoms with Gasteiger partial charge in [0.2, 0.25) is 0 Å². The van der Waals surface area contributed by atoms with Gasteiger partial charge in [0.25, 0.3) is 10.0 Å². The van der Waals surface area contributed by atoms with Crippen molar-refractivity contribution in [1.82, 2.24) is 20.2 Å². The van der Waals surface area contributed by atoms with Crippen molar-refractivity contribution in [3.8, 4) is 0 Å². The standard InChI is InChI=1S/C7H12N4O2S/c12-14(13,7-2-4-9-10-7)11-6-1-3-8-5-6/h2,4,6,8,11H,1,3,5H2,(H,9,10)/t6-/m1/s1. The molecule has 2 heterocycles. The molecule has 0 saturated carbocycles. The van der Waals surface area contributed by atoms with Crippen LogP contribution in [0.15, 0.2) is 17.3 Å². The molecule has 0 unspecified atom stereocenters. The average molecular weight is 216 g/mol. The van der Waals surface area contributed by atoms with Crippen molar-refractivity contribution >= 4 is 10.0 Å². The highest BCUT2D eigenvalue weighted by atomic mass is 32.2. The van der Waals surface area contributed by atoms with Crippen molar-refractivity contribution in [3.63, 3.8) is 0 Å². The maximum atomic E-state index is 11.6. The normalized spacial score (nSPS) is 22.7. The first kappa shape index (κ1) is 9.63. The molecule has 1 fully saturated rings. The fourth-order valence-electron chi connectivity index (χ4n) is 1.43. The van der Waals surface area contributed by atoms with E-state index >= 15 is 0 Å². The Morgan fingerprint density at radius 2 is 2.43 bits per heavy atom. The van der Waals surface area contributed by atoms with E-state index in [9.17, 15) is 8.42 Å². The lowest BCUT2D eigenvalue weighted by Gasteiger charge is -2.09. The molecular formula is C7H12N4O2S. The Morgan fingerprint density at radius 1 is 1.57 bits per heavy atom. The van der Waals surface area contributed by atoms with Gasteiger partial charge in [0.05, 0.1) is 6.20 Å². The third kappa shape index (κ3) is 1.94. The summed E-state index contributed by atoms with van der Waals surface area (Å²) < 4.78 is 25.9. The van der Waals surface area contributed by atoms with Crippen LogP contribution in [0.25, 0.3) is 0 Å². The summed E-state index contributed by atoms with van der Waals surface area (Å²) in [7, 11) is -3.41. The zero-order valence-corrected chi connectivity index (χ0v) is 8.34. The summed E-state index contributed by atoms with van der Waals surface area (Å²) in [6, 6.07) is 1.42. The minimum atomic E-state index is -3.41. The first-order valence-corrected chi connectivity index (χ1v) is 5.89. The molecule has 14 heavy (non-hydrogen) atoms. The van der Waals surface area contributed by atoms with Crippen LogP contribution in [0, 0.1) is 0 Å². The predicted octanol–water partition coefficient (Wildman–Crippen LogP) is -0.950. The van der Waals surface area contributed by atoms with Gasteiger partial charge < -0.3 is 5.32 Å². The minimum Gasteiger partial charge on any atom is -0.315 e. The Kier molecular flexibility index (Phi) is 2.53. The molecule has 0 amide bonds. The second-order valence-electron chi connectivity index (χ2n) is 3.23. The van der Waals surface area contributed by atoms with Crippen molar-refractivity contribution < 1.29 is 8.42 Å². The van der Waals surface area contributed by atoms with Crippen LogP contribution in [-0.4, -0.2) is 37.7 Å². The monoisotopic (exact) mass is 216 g/mol. The topological polar surface area (TPSA) is 86.9 Å². The van der Waals surface area contributed by atoms with Gasteiger partial charge in [0.15, 0.2) is 5.03 Å². The number of nitrogens with one attached hydrogen (secondary N) is 3. The molecule has 0 aliphatic carbocycles. The van der Waals surface area contributed by atoms with Crippen LogP contribution in [0.3, 0.4) is 0 Å². The van der Waals surface area contributed by atoms with Gasteiger partial charge in [-0.05, 0) is 19.0 Å². The summed E-state index contributed by atoms with van der Waals surface area (Å²) in [4.78, 5) is 0. The molecule has 7 heteroatoms. The van der Waals surface area contributed by atoms with Gasteiger partial charge in [0.1, 0.15) is 0 Å². The van der Waals surface area contributed by atoms with Crippen molar-refractivity contribution in [3.05, 3.63) is 12.3 Å². The van der Waals surface area contributed by atoms with Gasteiger partial charge >= 0.3 is 0 Å². The average Bonchev–Trinajstić information content (AvgIpc) is 2.71. The molecule has 0 spiro atoms. The van der Waals surface area contributed by atoms with Crippen LogP contribution in [0.2, 0.25) is 0 Å². The third-order valence-corrected chi connectivity index (χ3v) is 3.60. The Bertz CT molecular complexity index is 380. The lowest BCUT2D eigenvalue weighted by Crippen LogP contribution is -2.36. The summed E-state index contributed by atoms with van der Waals surface area (Å²) in [5.74, 6) is 0. The molecule has 6 nitrogen and oxygen atoms in total. The summed E-state index contributed by atoms with van der Waals surface area (Å²) in [6.45, 7) is 1.55. The predicted molar refractivity (Wildman–Crippen MR) is 50.2 cm³/mol. The Balaban J connectivity index is 2.09. The molecule has 0 bridgehead atoms. The van der Waals surface area contributed by atoms with Crippen LogP contribution in [0.4, 0.5) is 0 Å². The summed E-state index contributed by atoms with van der Waals surface area (Å²) in [5, 5.41) is 9.24. The number of rotatable bonds is 3. The van der Waals surface area contributed by atoms with E-state index in [2.05, 4.69) is 20.2 Å². The van der Waals surface area contributed by atoms with E-state index in [1.807, 2.05) is 0 Å². The van der Waals surface area contributed by atoms with Crippen molar-refractivity contribution in [2.45, 2.75) is 17.5 Å². The Labute approximate surface area is 82.1 Å². The number of sulfonamides is 1. The maximum absolute atomic E-state index is 11.6. The summed E-state index contributed by atoms with van der Waals surface area (Å²) in [6.07, 6.45) is 2.24. The molecule has 1 aliphatic rings. The van der Waals surface area contributed by atoms with Crippen molar-refractivity contribution in [2.75, 3.05) is 13.1 Å². The van der Waals surface area contributed by atoms with Crippen LogP contribution in [-0.2, 0) is 10.0 Å². The van der Waals surface area contributed by atoms with E-state index in [0.717, 1.165) is 13.0 Å². The molecule has 1 aliphatic heterocycles. The largest absolute Gasteiger partial charge is 0.315 e. The molecule has 1 aromatic rings. The molecule has 1 atom stereocenters. The zero-order valence-electron chi connectivity index (χ0n) is 7.53. The molecular weight excluding hydrogens is 204 g/mol. The molecule has 0 radical (unpaired) electrons. The highest BCUT2D eigenvalue weighted by Gasteiger charge is 2.23. The highest BCUT2D eigenvalue weighted by molar-refractivity contribution is 7.89. The number of hydrogen-bond acceptors (Lipinski definition) is 4. The fourth-order valence-corrected chi connectivity index (χ4v) is 2.61. The Hall–Kier alpha value is -0.920. The van der Waals surface area contributed by atoms with Crippen LogP contribution in [0.5, 0.6) is 0 Å². The zero-order chi connectivity index (χ0) is 10.0. The number of aromatic nitrogens is 2. The van der Waals surface area contributed by atoms with E-state index in [1.54, 1.807) is 0 Å². The third-order valence-electron chi connectivity index (χ3n) is 2.15. The number of hydrogen-bond donors (Lipinski definition) is 3. The van der Waals surface area contributed by atoms with E-state index in [0.29, 0.717) is 6.54 Å². The maximum Gasteiger partial charge on any atom is 0.257 e. The smallest absolute Gasteiger partial charge is 0.257 e. The van der Waals surface area contributed by atoms with E-state index in [4.69, 9.17) is 0 Å². The van der Waals surface area contributed by atoms with Crippen LogP contribution < -0.4 is 10.0 Å². The van der Waals surface area contributed by atoms with Gasteiger partial charge in [-0.1, -0.05) is 0 Å². The van der Waals surface area contributed by atoms with Crippen molar-refractivity contribution in [2.24, 2.45) is 0 Å². The van der Waals surface area contributed by atoms with Gasteiger partial charge in [0, 0.05) is 12.6 Å². The molecule has 1 aromatic heterocycles. The molecule has 2 rings (SSSR count). The van der Waals surface area contributed by atoms with Crippen LogP contribution in [0.1, 0.15) is 6.42 Å². The summed E-state index contributed by atoms with van der Waals surface area (Å²) in [5.41, 5.74) is 0. The molecule has 3 N–H and O–H groups in total. The van der Waals surface area contributed by atoms with Crippen molar-refractivity contribution in [1.29, 1.82) is 0 Å². The van der Waals surface area contributed by atoms with Gasteiger partial charge in [-0.3, -0.25) is 5.10 Å². The number of nitrogens with zero attached hydrogens (tertiary/aromatic N) is 1. The van der Waals surface area contributed by atoms with E-state index < -0.39 is 10.0 Å². The first-order chi connectivity index (χ1) is 6.68. The van der Waals surface area contributed by atoms with Gasteiger partial charge in [-0.2, -0.15) is 5.10 Å². The molecule has 0 aromatic carbocycles. The summed E-state index contributed by atoms with van der Waals surface area (Å²) >= 11 is 0. The lowest BCUT2D eigenvalue weighted by atomic mass is 10.3. The van der Waals surface area contributed by atoms with Crippen LogP contribution >= 0.6 is 0 Å². The Morgan fingerprint density at radius 3 is 3.00 bits per heavy atom. The second kappa shape index (κ2) is 3.68. The fraction of sp³-hybridized carbons (Fsp3) is 0.571. The molecule has 1 saturated heterocycles. The highest BCUT2D eigenvalue weighted by Crippen LogP contribution is 2.06. The lowest BCUT2D eigenvalue weighted by molar-refractivity contribution is 0.556. The molecule has 78 valence electrons. The second-order valence-corrected chi connectivity index (χ2v) is 4.91. The SMILES string of the molecule is O=S(=O)(N[C@@H]1CCNC1)c1ccn[nH]1. The number of H-pyrrole nitrogens is 1.